The summed E-state index contributed by atoms with van der Waals surface area (Å²) in [5.74, 6) is -1.33. The molecule has 0 aliphatic rings. The molecule has 0 saturated carbocycles. The highest BCUT2D eigenvalue weighted by atomic mass is 32.1. The van der Waals surface area contributed by atoms with Crippen LogP contribution in [-0.2, 0) is 11.2 Å². The van der Waals surface area contributed by atoms with Gasteiger partial charge in [-0.25, -0.2) is 4.79 Å². The highest BCUT2D eigenvalue weighted by Gasteiger charge is 2.21. The summed E-state index contributed by atoms with van der Waals surface area (Å²) >= 11 is 1.36. The van der Waals surface area contributed by atoms with Gasteiger partial charge in [-0.15, -0.1) is 11.3 Å². The highest BCUT2D eigenvalue weighted by molar-refractivity contribution is 7.13. The Bertz CT molecular complexity index is 621. The van der Waals surface area contributed by atoms with Crippen molar-refractivity contribution in [1.82, 2.24) is 5.32 Å². The molecule has 4 nitrogen and oxygen atoms in total. The lowest BCUT2D eigenvalue weighted by Crippen LogP contribution is -2.40. The van der Waals surface area contributed by atoms with Crippen molar-refractivity contribution >= 4 is 23.2 Å². The molecule has 2 N–H and O–H groups in total. The Morgan fingerprint density at radius 2 is 1.90 bits per heavy atom. The number of amides is 1. The maximum Gasteiger partial charge on any atom is 0.326 e. The standard InChI is InChI=1S/C16H17NO3S/c1-11-7-10-14(21-11)15(18)17-13(16(19)20)9-8-12-5-3-2-4-6-12/h2-7,10,13H,8-9H2,1H3,(H,17,18)(H,19,20)/t13-/m0/s1. The molecule has 2 rings (SSSR count). The summed E-state index contributed by atoms with van der Waals surface area (Å²) in [5, 5.41) is 11.8. The van der Waals surface area contributed by atoms with E-state index in [1.807, 2.05) is 43.3 Å². The number of aryl methyl sites for hydroxylation is 2. The number of carboxylic acids is 1. The maximum absolute atomic E-state index is 12.0. The number of hydrogen-bond donors (Lipinski definition) is 2. The fraction of sp³-hybridized carbons (Fsp3) is 0.250. The van der Waals surface area contributed by atoms with E-state index < -0.39 is 12.0 Å². The van der Waals surface area contributed by atoms with Crippen molar-refractivity contribution in [3.63, 3.8) is 0 Å². The molecular formula is C16H17NO3S. The minimum atomic E-state index is -1.01. The van der Waals surface area contributed by atoms with E-state index in [2.05, 4.69) is 5.32 Å². The summed E-state index contributed by atoms with van der Waals surface area (Å²) in [6.45, 7) is 1.91. The molecule has 1 aromatic heterocycles. The molecular weight excluding hydrogens is 286 g/mol. The van der Waals surface area contributed by atoms with E-state index in [0.29, 0.717) is 17.7 Å². The van der Waals surface area contributed by atoms with E-state index >= 15 is 0 Å². The summed E-state index contributed by atoms with van der Waals surface area (Å²) in [6, 6.07) is 12.3. The molecule has 0 fully saturated rings. The average Bonchev–Trinajstić information content (AvgIpc) is 2.90. The number of hydrogen-bond acceptors (Lipinski definition) is 3. The van der Waals surface area contributed by atoms with Crippen molar-refractivity contribution in [2.45, 2.75) is 25.8 Å². The molecule has 1 heterocycles. The maximum atomic E-state index is 12.0. The zero-order chi connectivity index (χ0) is 15.2. The molecule has 0 aliphatic carbocycles. The number of nitrogens with one attached hydrogen (secondary N) is 1. The van der Waals surface area contributed by atoms with Crippen LogP contribution in [0, 0.1) is 6.92 Å². The van der Waals surface area contributed by atoms with E-state index in [-0.39, 0.29) is 5.91 Å². The van der Waals surface area contributed by atoms with E-state index in [1.54, 1.807) is 6.07 Å². The highest BCUT2D eigenvalue weighted by Crippen LogP contribution is 2.15. The molecule has 0 radical (unpaired) electrons. The van der Waals surface area contributed by atoms with Crippen LogP contribution in [0.2, 0.25) is 0 Å². The first-order valence-electron chi connectivity index (χ1n) is 6.70. The summed E-state index contributed by atoms with van der Waals surface area (Å²) < 4.78 is 0. The third kappa shape index (κ3) is 4.43. The smallest absolute Gasteiger partial charge is 0.326 e. The van der Waals surface area contributed by atoms with Gasteiger partial charge in [-0.3, -0.25) is 4.79 Å². The van der Waals surface area contributed by atoms with Crippen molar-refractivity contribution < 1.29 is 14.7 Å². The molecule has 21 heavy (non-hydrogen) atoms. The minimum absolute atomic E-state index is 0.325. The molecule has 0 unspecified atom stereocenters. The van der Waals surface area contributed by atoms with Crippen molar-refractivity contribution in [3.05, 3.63) is 57.8 Å². The van der Waals surface area contributed by atoms with Crippen LogP contribution in [0.15, 0.2) is 42.5 Å². The Balaban J connectivity index is 1.96. The van der Waals surface area contributed by atoms with Crippen LogP contribution in [0.25, 0.3) is 0 Å². The quantitative estimate of drug-likeness (QED) is 0.862. The number of carbonyl (C=O) groups excluding carboxylic acids is 1. The van der Waals surface area contributed by atoms with Gasteiger partial charge in [-0.05, 0) is 37.5 Å². The summed E-state index contributed by atoms with van der Waals surface area (Å²) in [4.78, 5) is 24.9. The van der Waals surface area contributed by atoms with Crippen LogP contribution < -0.4 is 5.32 Å². The van der Waals surface area contributed by atoms with Gasteiger partial charge in [0.2, 0.25) is 0 Å². The number of carbonyl (C=O) groups is 2. The lowest BCUT2D eigenvalue weighted by molar-refractivity contribution is -0.139. The largest absolute Gasteiger partial charge is 0.480 e. The lowest BCUT2D eigenvalue weighted by atomic mass is 10.1. The first kappa shape index (κ1) is 15.3. The Morgan fingerprint density at radius 1 is 1.19 bits per heavy atom. The van der Waals surface area contributed by atoms with Crippen LogP contribution in [0.1, 0.15) is 26.5 Å². The van der Waals surface area contributed by atoms with Crippen molar-refractivity contribution in [3.8, 4) is 0 Å². The van der Waals surface area contributed by atoms with Gasteiger partial charge in [0.15, 0.2) is 0 Å². The molecule has 0 saturated heterocycles. The van der Waals surface area contributed by atoms with Crippen molar-refractivity contribution in [1.29, 1.82) is 0 Å². The van der Waals surface area contributed by atoms with E-state index in [4.69, 9.17) is 0 Å². The van der Waals surface area contributed by atoms with Crippen LogP contribution in [0.3, 0.4) is 0 Å². The van der Waals surface area contributed by atoms with Gasteiger partial charge in [0.1, 0.15) is 6.04 Å². The second kappa shape index (κ2) is 7.04. The number of rotatable bonds is 6. The summed E-state index contributed by atoms with van der Waals surface area (Å²) in [5.41, 5.74) is 1.06. The van der Waals surface area contributed by atoms with E-state index in [1.165, 1.54) is 11.3 Å². The Labute approximate surface area is 127 Å². The number of aliphatic carboxylic acids is 1. The van der Waals surface area contributed by atoms with Gasteiger partial charge < -0.3 is 10.4 Å². The van der Waals surface area contributed by atoms with Gasteiger partial charge >= 0.3 is 5.97 Å². The normalized spacial score (nSPS) is 11.9. The van der Waals surface area contributed by atoms with Crippen LogP contribution in [-0.4, -0.2) is 23.0 Å². The van der Waals surface area contributed by atoms with E-state index in [0.717, 1.165) is 10.4 Å². The van der Waals surface area contributed by atoms with Gasteiger partial charge in [-0.2, -0.15) is 0 Å². The second-order valence-corrected chi connectivity index (χ2v) is 6.09. The second-order valence-electron chi connectivity index (χ2n) is 4.80. The van der Waals surface area contributed by atoms with Gasteiger partial charge in [-0.1, -0.05) is 30.3 Å². The fourth-order valence-corrected chi connectivity index (χ4v) is 2.77. The summed E-state index contributed by atoms with van der Waals surface area (Å²) in [6.07, 6.45) is 0.983. The molecule has 5 heteroatoms. The first-order valence-corrected chi connectivity index (χ1v) is 7.52. The van der Waals surface area contributed by atoms with Crippen LogP contribution in [0.5, 0.6) is 0 Å². The molecule has 1 aromatic carbocycles. The molecule has 0 spiro atoms. The van der Waals surface area contributed by atoms with Gasteiger partial charge in [0.05, 0.1) is 4.88 Å². The molecule has 2 aromatic rings. The zero-order valence-electron chi connectivity index (χ0n) is 11.7. The van der Waals surface area contributed by atoms with Crippen LogP contribution >= 0.6 is 11.3 Å². The zero-order valence-corrected chi connectivity index (χ0v) is 12.5. The third-order valence-electron chi connectivity index (χ3n) is 3.13. The predicted molar refractivity (Wildman–Crippen MR) is 82.7 cm³/mol. The average molecular weight is 303 g/mol. The Kier molecular flexibility index (Phi) is 5.11. The van der Waals surface area contributed by atoms with Crippen LogP contribution in [0.4, 0.5) is 0 Å². The van der Waals surface area contributed by atoms with Gasteiger partial charge in [0, 0.05) is 4.88 Å². The number of benzene rings is 1. The molecule has 1 amide bonds. The molecule has 0 bridgehead atoms. The van der Waals surface area contributed by atoms with Gasteiger partial charge in [0.25, 0.3) is 5.91 Å². The monoisotopic (exact) mass is 303 g/mol. The molecule has 0 aliphatic heterocycles. The van der Waals surface area contributed by atoms with Crippen molar-refractivity contribution in [2.24, 2.45) is 0 Å². The van der Waals surface area contributed by atoms with Crippen molar-refractivity contribution in [2.75, 3.05) is 0 Å². The third-order valence-corrected chi connectivity index (χ3v) is 4.13. The SMILES string of the molecule is Cc1ccc(C(=O)N[C@@H](CCc2ccccc2)C(=O)O)s1. The first-order chi connectivity index (χ1) is 10.1. The fourth-order valence-electron chi connectivity index (χ4n) is 2.00. The number of thiophene rings is 1. The lowest BCUT2D eigenvalue weighted by Gasteiger charge is -2.13. The predicted octanol–water partition coefficient (Wildman–Crippen LogP) is 2.87. The van der Waals surface area contributed by atoms with E-state index in [9.17, 15) is 14.7 Å². The molecule has 1 atom stereocenters. The summed E-state index contributed by atoms with van der Waals surface area (Å²) in [7, 11) is 0. The topological polar surface area (TPSA) is 66.4 Å². The minimum Gasteiger partial charge on any atom is -0.480 e. The number of carboxylic acid groups (broad SMARTS) is 1. The Morgan fingerprint density at radius 3 is 2.48 bits per heavy atom. The Hall–Kier alpha value is -2.14. The molecule has 110 valence electrons.